The summed E-state index contributed by atoms with van der Waals surface area (Å²) in [5, 5.41) is 0. The Bertz CT molecular complexity index is 863. The van der Waals surface area contributed by atoms with Crippen LogP contribution in [0.2, 0.25) is 0 Å². The number of carbonyl (C=O) groups excluding carboxylic acids is 2. The van der Waals surface area contributed by atoms with Gasteiger partial charge < -0.3 is 9.47 Å². The van der Waals surface area contributed by atoms with Crippen molar-refractivity contribution in [3.8, 4) is 11.5 Å². The van der Waals surface area contributed by atoms with Crippen molar-refractivity contribution < 1.29 is 19.1 Å². The molecule has 0 amide bonds. The third-order valence-corrected chi connectivity index (χ3v) is 10.1. The fourth-order valence-corrected chi connectivity index (χ4v) is 8.14. The molecule has 8 unspecified atom stereocenters. The second kappa shape index (κ2) is 10.0. The van der Waals surface area contributed by atoms with Crippen LogP contribution in [-0.2, 0) is 9.59 Å². The lowest BCUT2D eigenvalue weighted by Gasteiger charge is -2.49. The first-order chi connectivity index (χ1) is 16.5. The topological polar surface area (TPSA) is 52.6 Å². The van der Waals surface area contributed by atoms with Crippen LogP contribution < -0.4 is 9.47 Å². The third kappa shape index (κ3) is 4.54. The monoisotopic (exact) mass is 466 g/mol. The van der Waals surface area contributed by atoms with Gasteiger partial charge in [-0.15, -0.1) is 0 Å². The molecule has 0 heterocycles. The van der Waals surface area contributed by atoms with E-state index < -0.39 is 5.60 Å². The number of hydrogen-bond donors (Lipinski definition) is 0. The smallest absolute Gasteiger partial charge is 0.314 e. The van der Waals surface area contributed by atoms with Crippen LogP contribution in [0.3, 0.4) is 0 Å². The summed E-state index contributed by atoms with van der Waals surface area (Å²) in [4.78, 5) is 25.5. The van der Waals surface area contributed by atoms with Crippen LogP contribution in [0.4, 0.5) is 0 Å². The Morgan fingerprint density at radius 1 is 0.794 bits per heavy atom. The molecule has 0 aliphatic heterocycles. The minimum atomic E-state index is -0.718. The normalized spacial score (nSPS) is 39.9. The Morgan fingerprint density at radius 2 is 1.41 bits per heavy atom. The highest BCUT2D eigenvalue weighted by atomic mass is 16.5. The van der Waals surface area contributed by atoms with Gasteiger partial charge in [-0.2, -0.15) is 0 Å². The maximum Gasteiger partial charge on any atom is 0.314 e. The van der Waals surface area contributed by atoms with E-state index in [2.05, 4.69) is 13.8 Å². The average molecular weight is 467 g/mol. The predicted octanol–water partition coefficient (Wildman–Crippen LogP) is 7.00. The fraction of sp³-hybridized carbons (Fsp3) is 0.733. The number of benzene rings is 1. The van der Waals surface area contributed by atoms with Crippen molar-refractivity contribution in [3.63, 3.8) is 0 Å². The highest BCUT2D eigenvalue weighted by Crippen LogP contribution is 2.50. The summed E-state index contributed by atoms with van der Waals surface area (Å²) in [6.07, 6.45) is 14.7. The minimum Gasteiger partial charge on any atom is -0.480 e. The van der Waals surface area contributed by atoms with Crippen LogP contribution in [0.15, 0.2) is 24.3 Å². The molecule has 186 valence electrons. The Morgan fingerprint density at radius 3 is 2.15 bits per heavy atom. The molecule has 0 bridgehead atoms. The van der Waals surface area contributed by atoms with E-state index in [0.717, 1.165) is 50.7 Å². The van der Waals surface area contributed by atoms with Crippen molar-refractivity contribution >= 4 is 12.3 Å². The van der Waals surface area contributed by atoms with E-state index in [9.17, 15) is 9.59 Å². The van der Waals surface area contributed by atoms with Gasteiger partial charge in [-0.1, -0.05) is 39.5 Å². The van der Waals surface area contributed by atoms with Gasteiger partial charge in [0.15, 0.2) is 11.9 Å². The number of aldehydes is 1. The summed E-state index contributed by atoms with van der Waals surface area (Å²) < 4.78 is 12.3. The SMILES string of the molecule is CC1CCC(C(=O)Oc2ccc(OC3(C=O)CCC(C)C4CCCCC43)cc2)C2CCCCC12. The van der Waals surface area contributed by atoms with E-state index in [-0.39, 0.29) is 11.9 Å². The largest absolute Gasteiger partial charge is 0.480 e. The van der Waals surface area contributed by atoms with E-state index in [1.54, 1.807) is 0 Å². The van der Waals surface area contributed by atoms with E-state index in [4.69, 9.17) is 9.47 Å². The van der Waals surface area contributed by atoms with E-state index >= 15 is 0 Å². The quantitative estimate of drug-likeness (QED) is 0.266. The molecule has 1 aromatic carbocycles. The Hall–Kier alpha value is -1.84. The molecule has 0 radical (unpaired) electrons. The molecular formula is C30H42O4. The molecule has 4 saturated carbocycles. The Kier molecular flexibility index (Phi) is 7.04. The van der Waals surface area contributed by atoms with E-state index in [1.807, 2.05) is 24.3 Å². The van der Waals surface area contributed by atoms with Crippen LogP contribution in [0, 0.1) is 41.4 Å². The van der Waals surface area contributed by atoms with Crippen molar-refractivity contribution in [2.45, 2.75) is 96.5 Å². The summed E-state index contributed by atoms with van der Waals surface area (Å²) in [5.41, 5.74) is -0.718. The van der Waals surface area contributed by atoms with Crippen molar-refractivity contribution in [3.05, 3.63) is 24.3 Å². The molecule has 34 heavy (non-hydrogen) atoms. The predicted molar refractivity (Wildman–Crippen MR) is 133 cm³/mol. The Balaban J connectivity index is 1.25. The van der Waals surface area contributed by atoms with Gasteiger partial charge in [-0.3, -0.25) is 9.59 Å². The molecule has 0 aromatic heterocycles. The number of ether oxygens (including phenoxy) is 2. The number of fused-ring (bicyclic) bond motifs is 2. The van der Waals surface area contributed by atoms with Gasteiger partial charge in [0.1, 0.15) is 11.5 Å². The molecule has 0 spiro atoms. The van der Waals surface area contributed by atoms with Gasteiger partial charge in [0.2, 0.25) is 0 Å². The van der Waals surface area contributed by atoms with Gasteiger partial charge in [-0.25, -0.2) is 0 Å². The van der Waals surface area contributed by atoms with Crippen LogP contribution >= 0.6 is 0 Å². The summed E-state index contributed by atoms with van der Waals surface area (Å²) in [6.45, 7) is 4.70. The zero-order valence-electron chi connectivity index (χ0n) is 21.0. The van der Waals surface area contributed by atoms with Crippen molar-refractivity contribution in [1.29, 1.82) is 0 Å². The minimum absolute atomic E-state index is 0.0308. The molecule has 4 nitrogen and oxygen atoms in total. The second-order valence-electron chi connectivity index (χ2n) is 11.9. The van der Waals surface area contributed by atoms with Crippen LogP contribution in [-0.4, -0.2) is 17.9 Å². The van der Waals surface area contributed by atoms with Gasteiger partial charge in [0, 0.05) is 5.92 Å². The molecule has 5 rings (SSSR count). The lowest BCUT2D eigenvalue weighted by atomic mass is 9.59. The number of esters is 1. The molecule has 4 aliphatic carbocycles. The summed E-state index contributed by atoms with van der Waals surface area (Å²) in [5.74, 6) is 4.68. The number of carbonyl (C=O) groups is 2. The number of rotatable bonds is 5. The third-order valence-electron chi connectivity index (χ3n) is 10.1. The first kappa shape index (κ1) is 23.9. The zero-order chi connectivity index (χ0) is 23.7. The molecule has 4 heteroatoms. The molecule has 4 fully saturated rings. The standard InChI is InChI=1S/C30H42O4/c1-20-11-16-27(26-9-4-3-7-24(20)26)29(32)33-22-12-14-23(15-13-22)34-30(19-31)18-17-21(2)25-8-5-6-10-28(25)30/h12-15,19-21,24-28H,3-11,16-18H2,1-2H3. The number of hydrogen-bond acceptors (Lipinski definition) is 4. The summed E-state index contributed by atoms with van der Waals surface area (Å²) in [6, 6.07) is 7.41. The van der Waals surface area contributed by atoms with E-state index in [1.165, 1.54) is 38.5 Å². The first-order valence-electron chi connectivity index (χ1n) is 14.0. The van der Waals surface area contributed by atoms with Crippen LogP contribution in [0.25, 0.3) is 0 Å². The summed E-state index contributed by atoms with van der Waals surface area (Å²) >= 11 is 0. The van der Waals surface area contributed by atoms with Gasteiger partial charge in [-0.05, 0) is 105 Å². The molecule has 1 aromatic rings. The lowest BCUT2D eigenvalue weighted by molar-refractivity contribution is -0.145. The van der Waals surface area contributed by atoms with Crippen LogP contribution in [0.1, 0.15) is 90.9 Å². The van der Waals surface area contributed by atoms with Gasteiger partial charge >= 0.3 is 5.97 Å². The summed E-state index contributed by atoms with van der Waals surface area (Å²) in [7, 11) is 0. The second-order valence-corrected chi connectivity index (χ2v) is 11.9. The molecular weight excluding hydrogens is 424 g/mol. The maximum atomic E-state index is 13.1. The highest BCUT2D eigenvalue weighted by molar-refractivity contribution is 5.75. The fourth-order valence-electron chi connectivity index (χ4n) is 8.14. The zero-order valence-corrected chi connectivity index (χ0v) is 21.0. The van der Waals surface area contributed by atoms with Gasteiger partial charge in [0.25, 0.3) is 0 Å². The van der Waals surface area contributed by atoms with Crippen molar-refractivity contribution in [1.82, 2.24) is 0 Å². The Labute approximate surface area is 205 Å². The first-order valence-corrected chi connectivity index (χ1v) is 14.0. The maximum absolute atomic E-state index is 13.1. The van der Waals surface area contributed by atoms with Crippen molar-refractivity contribution in [2.24, 2.45) is 41.4 Å². The molecule has 0 N–H and O–H groups in total. The van der Waals surface area contributed by atoms with Crippen LogP contribution in [0.5, 0.6) is 11.5 Å². The van der Waals surface area contributed by atoms with E-state index in [0.29, 0.717) is 41.1 Å². The molecule has 0 saturated heterocycles. The lowest BCUT2D eigenvalue weighted by Crippen LogP contribution is -2.54. The molecule has 4 aliphatic rings. The molecule has 8 atom stereocenters. The average Bonchev–Trinajstić information content (AvgIpc) is 2.87. The van der Waals surface area contributed by atoms with Crippen molar-refractivity contribution in [2.75, 3.05) is 0 Å². The highest BCUT2D eigenvalue weighted by Gasteiger charge is 2.50. The van der Waals surface area contributed by atoms with Gasteiger partial charge in [0.05, 0.1) is 5.92 Å².